The molecule has 3 aromatic rings. The van der Waals surface area contributed by atoms with Crippen molar-refractivity contribution in [3.05, 3.63) is 64.9 Å². The van der Waals surface area contributed by atoms with Crippen molar-refractivity contribution in [1.82, 2.24) is 19.7 Å². The Morgan fingerprint density at radius 1 is 1.07 bits per heavy atom. The number of hydrogen-bond donors (Lipinski definition) is 0. The number of aromatic nitrogens is 3. The number of carbonyl (C=O) groups excluding carboxylic acids is 2. The molecule has 0 unspecified atom stereocenters. The lowest BCUT2D eigenvalue weighted by Crippen LogP contribution is -2.50. The van der Waals surface area contributed by atoms with Crippen molar-refractivity contribution in [2.24, 2.45) is 4.99 Å². The summed E-state index contributed by atoms with van der Waals surface area (Å²) < 4.78 is 43.1. The van der Waals surface area contributed by atoms with Crippen LogP contribution in [0.5, 0.6) is 0 Å². The first-order chi connectivity index (χ1) is 13.3. The van der Waals surface area contributed by atoms with Gasteiger partial charge in [-0.05, 0) is 18.2 Å². The summed E-state index contributed by atoms with van der Waals surface area (Å²) in [5, 5.41) is 4.12. The standard InChI is InChI=1S/C17H9F3N5O3/c18-17(19,20)16-23-13(24-28-16)9-5-6-10(21-7-9)8-25-12-4-2-1-3-11(12)22-14(26)15(25)27/h1-7H,8H2/q+1. The molecule has 8 nitrogen and oxygen atoms in total. The highest BCUT2D eigenvalue weighted by Gasteiger charge is 2.38. The Balaban J connectivity index is 1.66. The summed E-state index contributed by atoms with van der Waals surface area (Å²) in [4.78, 5) is 35.1. The van der Waals surface area contributed by atoms with Gasteiger partial charge in [-0.25, -0.2) is 4.79 Å². The molecule has 0 N–H and O–H groups in total. The molecule has 3 heterocycles. The van der Waals surface area contributed by atoms with E-state index in [1.54, 1.807) is 24.3 Å². The van der Waals surface area contributed by atoms with Crippen LogP contribution in [0.25, 0.3) is 11.4 Å². The van der Waals surface area contributed by atoms with Gasteiger partial charge in [-0.1, -0.05) is 17.3 Å². The Morgan fingerprint density at radius 2 is 1.86 bits per heavy atom. The molecule has 140 valence electrons. The molecule has 28 heavy (non-hydrogen) atoms. The van der Waals surface area contributed by atoms with Gasteiger partial charge in [0.2, 0.25) is 11.2 Å². The van der Waals surface area contributed by atoms with Crippen molar-refractivity contribution in [2.75, 3.05) is 0 Å². The molecule has 1 aromatic carbocycles. The van der Waals surface area contributed by atoms with Gasteiger partial charge in [0.15, 0.2) is 6.54 Å². The fourth-order valence-electron chi connectivity index (χ4n) is 2.59. The highest BCUT2D eigenvalue weighted by molar-refractivity contribution is 6.36. The number of benzene rings is 1. The Hall–Kier alpha value is -3.76. The number of nitrogens with zero attached hydrogens (tertiary/aromatic N) is 5. The second kappa shape index (κ2) is 6.44. The van der Waals surface area contributed by atoms with E-state index in [0.29, 0.717) is 16.4 Å². The smallest absolute Gasteiger partial charge is 0.329 e. The van der Waals surface area contributed by atoms with Crippen molar-refractivity contribution < 1.29 is 27.3 Å². The van der Waals surface area contributed by atoms with E-state index in [-0.39, 0.29) is 17.9 Å². The number of carbonyl (C=O) groups is 2. The van der Waals surface area contributed by atoms with Crippen LogP contribution in [-0.4, -0.2) is 26.9 Å². The number of pyridine rings is 1. The van der Waals surface area contributed by atoms with E-state index >= 15 is 0 Å². The minimum absolute atomic E-state index is 0.0164. The first-order valence-corrected chi connectivity index (χ1v) is 7.86. The average molecular weight is 388 g/mol. The fourth-order valence-corrected chi connectivity index (χ4v) is 2.59. The van der Waals surface area contributed by atoms with Crippen molar-refractivity contribution in [3.8, 4) is 11.4 Å². The van der Waals surface area contributed by atoms with Crippen molar-refractivity contribution >= 4 is 11.8 Å². The van der Waals surface area contributed by atoms with E-state index in [1.165, 1.54) is 22.9 Å². The normalized spacial score (nSPS) is 14.0. The van der Waals surface area contributed by atoms with Crippen LogP contribution in [0, 0.1) is 0 Å². The van der Waals surface area contributed by atoms with Crippen LogP contribution >= 0.6 is 0 Å². The van der Waals surface area contributed by atoms with Crippen LogP contribution in [0.15, 0.2) is 52.1 Å². The van der Waals surface area contributed by atoms with Gasteiger partial charge in [-0.2, -0.15) is 23.1 Å². The molecule has 0 aliphatic carbocycles. The van der Waals surface area contributed by atoms with Crippen LogP contribution in [0.4, 0.5) is 13.2 Å². The van der Waals surface area contributed by atoms with Crippen LogP contribution in [0.2, 0.25) is 0 Å². The van der Waals surface area contributed by atoms with E-state index in [2.05, 4.69) is 24.6 Å². The molecular formula is C17H9F3N5O3+. The lowest BCUT2D eigenvalue weighted by atomic mass is 10.2. The van der Waals surface area contributed by atoms with E-state index in [0.717, 1.165) is 0 Å². The molecule has 0 bridgehead atoms. The minimum Gasteiger partial charge on any atom is -0.329 e. The zero-order chi connectivity index (χ0) is 19.9. The minimum atomic E-state index is -4.74. The molecule has 0 spiro atoms. The van der Waals surface area contributed by atoms with Gasteiger partial charge in [0.05, 0.1) is 0 Å². The highest BCUT2D eigenvalue weighted by atomic mass is 19.4. The van der Waals surface area contributed by atoms with Gasteiger partial charge in [-0.3, -0.25) is 9.78 Å². The Kier molecular flexibility index (Phi) is 4.06. The monoisotopic (exact) mass is 388 g/mol. The topological polar surface area (TPSA) is 101 Å². The summed E-state index contributed by atoms with van der Waals surface area (Å²) in [6.07, 6.45) is -3.48. The molecule has 2 amide bonds. The van der Waals surface area contributed by atoms with Crippen molar-refractivity contribution in [2.45, 2.75) is 12.7 Å². The molecule has 0 saturated heterocycles. The summed E-state index contributed by atoms with van der Waals surface area (Å²) in [5.74, 6) is -3.40. The Morgan fingerprint density at radius 3 is 2.54 bits per heavy atom. The summed E-state index contributed by atoms with van der Waals surface area (Å²) in [7, 11) is 0. The maximum Gasteiger partial charge on any atom is 0.480 e. The number of fused-ring (bicyclic) bond motifs is 1. The van der Waals surface area contributed by atoms with E-state index < -0.39 is 23.9 Å². The average Bonchev–Trinajstić information content (AvgIpc) is 3.17. The zero-order valence-corrected chi connectivity index (χ0v) is 13.8. The third-order valence-electron chi connectivity index (χ3n) is 3.89. The van der Waals surface area contributed by atoms with Crippen molar-refractivity contribution in [3.63, 3.8) is 0 Å². The molecule has 1 aliphatic heterocycles. The number of rotatable bonds is 3. The number of amides is 2. The summed E-state index contributed by atoms with van der Waals surface area (Å²) in [5.41, 5.74) is 0.612. The van der Waals surface area contributed by atoms with Gasteiger partial charge in [0.25, 0.3) is 0 Å². The van der Waals surface area contributed by atoms with Crippen LogP contribution < -0.4 is 15.3 Å². The second-order valence-corrected chi connectivity index (χ2v) is 5.76. The lowest BCUT2D eigenvalue weighted by molar-refractivity contribution is -0.159. The highest BCUT2D eigenvalue weighted by Crippen LogP contribution is 2.29. The molecule has 0 fully saturated rings. The maximum absolute atomic E-state index is 12.5. The summed E-state index contributed by atoms with van der Waals surface area (Å²) >= 11 is 0. The predicted molar refractivity (Wildman–Crippen MR) is 84.7 cm³/mol. The first-order valence-electron chi connectivity index (χ1n) is 7.86. The molecule has 0 atom stereocenters. The van der Waals surface area contributed by atoms with E-state index in [1.807, 2.05) is 0 Å². The first kappa shape index (κ1) is 17.6. The molecule has 4 rings (SSSR count). The molecular weight excluding hydrogens is 379 g/mol. The third-order valence-corrected chi connectivity index (χ3v) is 3.89. The van der Waals surface area contributed by atoms with Gasteiger partial charge in [-0.15, -0.1) is 4.58 Å². The molecule has 0 saturated carbocycles. The quantitative estimate of drug-likeness (QED) is 0.479. The maximum atomic E-state index is 12.5. The summed E-state index contributed by atoms with van der Waals surface area (Å²) in [6.45, 7) is -0.0164. The van der Waals surface area contributed by atoms with Gasteiger partial charge >= 0.3 is 23.9 Å². The number of alkyl halides is 3. The SMILES string of the molecule is O=C1N=c2ccccc2=[N+](Cc2ccc(-c3noc(C(F)(F)F)n3)cn2)C1=O. The lowest BCUT2D eigenvalue weighted by Gasteiger charge is -2.03. The van der Waals surface area contributed by atoms with Crippen LogP contribution in [0.3, 0.4) is 0 Å². The Labute approximate surface area is 153 Å². The third kappa shape index (κ3) is 3.17. The molecule has 2 aromatic heterocycles. The molecule has 11 heteroatoms. The largest absolute Gasteiger partial charge is 0.480 e. The molecule has 0 radical (unpaired) electrons. The predicted octanol–water partition coefficient (Wildman–Crippen LogP) is 0.528. The van der Waals surface area contributed by atoms with E-state index in [9.17, 15) is 22.8 Å². The molecule has 1 aliphatic rings. The number of para-hydroxylation sites is 2. The van der Waals surface area contributed by atoms with Gasteiger partial charge in [0.1, 0.15) is 11.1 Å². The fraction of sp³-hybridized carbons (Fsp3) is 0.118. The van der Waals surface area contributed by atoms with Crippen LogP contribution in [-0.2, 0) is 22.3 Å². The van der Waals surface area contributed by atoms with Crippen molar-refractivity contribution in [1.29, 1.82) is 0 Å². The Bertz CT molecular complexity index is 1220. The van der Waals surface area contributed by atoms with Gasteiger partial charge < -0.3 is 4.52 Å². The number of hydrogen-bond acceptors (Lipinski definition) is 6. The number of halogens is 3. The zero-order valence-electron chi connectivity index (χ0n) is 13.8. The van der Waals surface area contributed by atoms with E-state index in [4.69, 9.17) is 0 Å². The summed E-state index contributed by atoms with van der Waals surface area (Å²) in [6, 6.07) is 9.59. The second-order valence-electron chi connectivity index (χ2n) is 5.76. The van der Waals surface area contributed by atoms with Gasteiger partial charge in [0, 0.05) is 17.8 Å². The van der Waals surface area contributed by atoms with Crippen LogP contribution in [0.1, 0.15) is 11.6 Å².